The third kappa shape index (κ3) is 6.40. The number of ether oxygens (including phenoxy) is 2. The van der Waals surface area contributed by atoms with E-state index in [4.69, 9.17) is 9.47 Å². The van der Waals surface area contributed by atoms with Crippen LogP contribution in [0.5, 0.6) is 11.6 Å². The lowest BCUT2D eigenvalue weighted by atomic mass is 10.1. The Morgan fingerprint density at radius 3 is 2.52 bits per heavy atom. The fourth-order valence-electron chi connectivity index (χ4n) is 3.24. The minimum absolute atomic E-state index is 0.200. The summed E-state index contributed by atoms with van der Waals surface area (Å²) in [7, 11) is 0. The van der Waals surface area contributed by atoms with E-state index in [9.17, 15) is 4.79 Å². The van der Waals surface area contributed by atoms with E-state index in [0.29, 0.717) is 24.7 Å². The molecule has 0 saturated carbocycles. The van der Waals surface area contributed by atoms with Crippen LogP contribution in [-0.2, 0) is 13.2 Å². The van der Waals surface area contributed by atoms with Crippen LogP contribution in [0.3, 0.4) is 0 Å². The van der Waals surface area contributed by atoms with Crippen LogP contribution in [0.15, 0.2) is 97.3 Å². The number of hydrogen-bond donors (Lipinski definition) is 1. The number of nitrogens with one attached hydrogen (secondary N) is 1. The number of carbonyl (C=O) groups excluding carboxylic acids is 1. The molecule has 0 bridgehead atoms. The zero-order valence-corrected chi connectivity index (χ0v) is 18.3. The van der Waals surface area contributed by atoms with E-state index >= 15 is 0 Å². The van der Waals surface area contributed by atoms with Crippen molar-refractivity contribution in [2.45, 2.75) is 26.2 Å². The number of benzene rings is 2. The van der Waals surface area contributed by atoms with Crippen molar-refractivity contribution in [1.82, 2.24) is 15.3 Å². The minimum Gasteiger partial charge on any atom is -0.487 e. The van der Waals surface area contributed by atoms with Crippen molar-refractivity contribution in [3.8, 4) is 11.6 Å². The highest BCUT2D eigenvalue weighted by molar-refractivity contribution is 5.94. The number of rotatable bonds is 9. The molecule has 33 heavy (non-hydrogen) atoms. The second kappa shape index (κ2) is 10.9. The van der Waals surface area contributed by atoms with Gasteiger partial charge in [-0.15, -0.1) is 0 Å². The monoisotopic (exact) mass is 439 g/mol. The fraction of sp³-hybridized carbons (Fsp3) is 0.148. The molecule has 0 aliphatic carbocycles. The van der Waals surface area contributed by atoms with Crippen LogP contribution < -0.4 is 14.8 Å². The predicted molar refractivity (Wildman–Crippen MR) is 126 cm³/mol. The zero-order valence-electron chi connectivity index (χ0n) is 18.3. The summed E-state index contributed by atoms with van der Waals surface area (Å²) in [4.78, 5) is 21.3. The summed E-state index contributed by atoms with van der Waals surface area (Å²) in [6, 6.07) is 26.3. The molecule has 0 spiro atoms. The summed E-state index contributed by atoms with van der Waals surface area (Å²) in [5.41, 5.74) is 3.32. The molecule has 2 aromatic heterocycles. The molecule has 0 fully saturated rings. The van der Waals surface area contributed by atoms with E-state index in [1.807, 2.05) is 79.7 Å². The standard InChI is InChI=1S/C27H25N3O3/c1-20(22-10-7-12-25(16-22)32-19-24-11-5-6-14-28-24)30-27(31)23-13-15-29-26(17-23)33-18-21-8-3-2-4-9-21/h2-17,20H,18-19H2,1H3,(H,30,31). The third-order valence-corrected chi connectivity index (χ3v) is 5.05. The molecule has 1 atom stereocenters. The summed E-state index contributed by atoms with van der Waals surface area (Å²) < 4.78 is 11.6. The largest absolute Gasteiger partial charge is 0.487 e. The molecule has 1 unspecified atom stereocenters. The van der Waals surface area contributed by atoms with E-state index in [1.54, 1.807) is 24.5 Å². The van der Waals surface area contributed by atoms with Crippen molar-refractivity contribution in [2.75, 3.05) is 0 Å². The van der Waals surface area contributed by atoms with Crippen LogP contribution in [0.2, 0.25) is 0 Å². The smallest absolute Gasteiger partial charge is 0.252 e. The first-order chi connectivity index (χ1) is 16.2. The first-order valence-corrected chi connectivity index (χ1v) is 10.7. The van der Waals surface area contributed by atoms with Gasteiger partial charge < -0.3 is 14.8 Å². The Morgan fingerprint density at radius 2 is 1.70 bits per heavy atom. The topological polar surface area (TPSA) is 73.3 Å². The Hall–Kier alpha value is -4.19. The Labute approximate surface area is 193 Å². The van der Waals surface area contributed by atoms with Gasteiger partial charge in [0, 0.05) is 24.0 Å². The molecule has 4 aromatic rings. The molecule has 1 N–H and O–H groups in total. The summed E-state index contributed by atoms with van der Waals surface area (Å²) in [6.45, 7) is 2.71. The van der Waals surface area contributed by atoms with Gasteiger partial charge >= 0.3 is 0 Å². The Kier molecular flexibility index (Phi) is 7.28. The van der Waals surface area contributed by atoms with Crippen LogP contribution in [0.1, 0.15) is 40.1 Å². The highest BCUT2D eigenvalue weighted by Crippen LogP contribution is 2.21. The first kappa shape index (κ1) is 22.0. The zero-order chi connectivity index (χ0) is 22.9. The Balaban J connectivity index is 1.35. The molecule has 6 nitrogen and oxygen atoms in total. The number of nitrogens with zero attached hydrogens (tertiary/aromatic N) is 2. The summed E-state index contributed by atoms with van der Waals surface area (Å²) in [5.74, 6) is 0.929. The second-order valence-corrected chi connectivity index (χ2v) is 7.53. The molecule has 1 amide bonds. The molecule has 2 aromatic carbocycles. The molecule has 0 radical (unpaired) electrons. The number of pyridine rings is 2. The maximum absolute atomic E-state index is 12.8. The van der Waals surface area contributed by atoms with Crippen LogP contribution in [0.25, 0.3) is 0 Å². The maximum Gasteiger partial charge on any atom is 0.252 e. The average molecular weight is 440 g/mol. The molecule has 6 heteroatoms. The molecule has 0 saturated heterocycles. The van der Waals surface area contributed by atoms with Crippen LogP contribution >= 0.6 is 0 Å². The molecule has 166 valence electrons. The number of amides is 1. The van der Waals surface area contributed by atoms with Gasteiger partial charge in [0.15, 0.2) is 0 Å². The van der Waals surface area contributed by atoms with Gasteiger partial charge in [-0.2, -0.15) is 0 Å². The predicted octanol–water partition coefficient (Wildman–Crippen LogP) is 5.13. The second-order valence-electron chi connectivity index (χ2n) is 7.53. The SMILES string of the molecule is CC(NC(=O)c1ccnc(OCc2ccccc2)c1)c1cccc(OCc2ccccn2)c1. The van der Waals surface area contributed by atoms with Gasteiger partial charge in [-0.25, -0.2) is 4.98 Å². The van der Waals surface area contributed by atoms with Gasteiger partial charge in [0.2, 0.25) is 5.88 Å². The number of aromatic nitrogens is 2. The molecule has 4 rings (SSSR count). The van der Waals surface area contributed by atoms with Crippen molar-refractivity contribution >= 4 is 5.91 Å². The van der Waals surface area contributed by atoms with Crippen LogP contribution in [0, 0.1) is 0 Å². The Bertz CT molecular complexity index is 1180. The highest BCUT2D eigenvalue weighted by atomic mass is 16.5. The molecular weight excluding hydrogens is 414 g/mol. The van der Waals surface area contributed by atoms with Gasteiger partial charge in [0.05, 0.1) is 11.7 Å². The van der Waals surface area contributed by atoms with E-state index in [-0.39, 0.29) is 11.9 Å². The lowest BCUT2D eigenvalue weighted by molar-refractivity contribution is 0.0939. The van der Waals surface area contributed by atoms with Gasteiger partial charge in [-0.1, -0.05) is 48.5 Å². The first-order valence-electron chi connectivity index (χ1n) is 10.7. The third-order valence-electron chi connectivity index (χ3n) is 5.05. The summed E-state index contributed by atoms with van der Waals surface area (Å²) in [5, 5.41) is 3.02. The molecule has 0 aliphatic rings. The van der Waals surface area contributed by atoms with Crippen LogP contribution in [0.4, 0.5) is 0 Å². The van der Waals surface area contributed by atoms with Crippen molar-refractivity contribution in [3.05, 3.63) is 120 Å². The van der Waals surface area contributed by atoms with Crippen molar-refractivity contribution < 1.29 is 14.3 Å². The van der Waals surface area contributed by atoms with Crippen molar-refractivity contribution in [1.29, 1.82) is 0 Å². The van der Waals surface area contributed by atoms with Gasteiger partial charge in [-0.05, 0) is 48.4 Å². The normalized spacial score (nSPS) is 11.4. The van der Waals surface area contributed by atoms with E-state index in [0.717, 1.165) is 22.6 Å². The number of carbonyl (C=O) groups is 1. The van der Waals surface area contributed by atoms with Crippen molar-refractivity contribution in [3.63, 3.8) is 0 Å². The van der Waals surface area contributed by atoms with Crippen LogP contribution in [-0.4, -0.2) is 15.9 Å². The molecule has 0 aliphatic heterocycles. The summed E-state index contributed by atoms with van der Waals surface area (Å²) in [6.07, 6.45) is 3.32. The van der Waals surface area contributed by atoms with Gasteiger partial charge in [-0.3, -0.25) is 9.78 Å². The van der Waals surface area contributed by atoms with Crippen molar-refractivity contribution in [2.24, 2.45) is 0 Å². The molecular formula is C27H25N3O3. The van der Waals surface area contributed by atoms with Gasteiger partial charge in [0.25, 0.3) is 5.91 Å². The fourth-order valence-corrected chi connectivity index (χ4v) is 3.24. The van der Waals surface area contributed by atoms with Gasteiger partial charge in [0.1, 0.15) is 19.0 Å². The molecule has 2 heterocycles. The average Bonchev–Trinajstić information content (AvgIpc) is 2.88. The highest BCUT2D eigenvalue weighted by Gasteiger charge is 2.13. The van der Waals surface area contributed by atoms with E-state index < -0.39 is 0 Å². The quantitative estimate of drug-likeness (QED) is 0.392. The lowest BCUT2D eigenvalue weighted by Crippen LogP contribution is -2.26. The number of hydrogen-bond acceptors (Lipinski definition) is 5. The Morgan fingerprint density at radius 1 is 0.848 bits per heavy atom. The van der Waals surface area contributed by atoms with E-state index in [2.05, 4.69) is 15.3 Å². The summed E-state index contributed by atoms with van der Waals surface area (Å²) >= 11 is 0. The minimum atomic E-state index is -0.210. The van der Waals surface area contributed by atoms with E-state index in [1.165, 1.54) is 0 Å². The lowest BCUT2D eigenvalue weighted by Gasteiger charge is -2.16. The maximum atomic E-state index is 12.8.